The summed E-state index contributed by atoms with van der Waals surface area (Å²) in [6, 6.07) is 15.7. The van der Waals surface area contributed by atoms with E-state index in [1.807, 2.05) is 48.5 Å². The van der Waals surface area contributed by atoms with Crippen LogP contribution in [0.4, 0.5) is 5.69 Å². The van der Waals surface area contributed by atoms with Crippen molar-refractivity contribution in [3.8, 4) is 11.1 Å². The van der Waals surface area contributed by atoms with Crippen molar-refractivity contribution >= 4 is 11.6 Å². The summed E-state index contributed by atoms with van der Waals surface area (Å²) in [7, 11) is 0. The van der Waals surface area contributed by atoms with Gasteiger partial charge in [0.1, 0.15) is 0 Å². The molecule has 3 heteroatoms. The number of nitrogens with two attached hydrogens (primary N) is 1. The number of amides is 1. The van der Waals surface area contributed by atoms with E-state index in [1.165, 1.54) is 0 Å². The topological polar surface area (TPSA) is 55.1 Å². The number of carbonyl (C=O) groups is 1. The SMILES string of the molecule is Nc1cccc(-c2ccc(C(=O)NC3CC3)cc2)c1. The molecule has 0 bridgehead atoms. The van der Waals surface area contributed by atoms with Crippen molar-refractivity contribution in [3.05, 3.63) is 54.1 Å². The van der Waals surface area contributed by atoms with Crippen molar-refractivity contribution in [2.75, 3.05) is 5.73 Å². The van der Waals surface area contributed by atoms with Crippen LogP contribution in [0.5, 0.6) is 0 Å². The van der Waals surface area contributed by atoms with Crippen molar-refractivity contribution in [3.63, 3.8) is 0 Å². The summed E-state index contributed by atoms with van der Waals surface area (Å²) in [6.45, 7) is 0. The van der Waals surface area contributed by atoms with Crippen LogP contribution in [0.2, 0.25) is 0 Å². The first-order valence-corrected chi connectivity index (χ1v) is 6.49. The second kappa shape index (κ2) is 4.76. The highest BCUT2D eigenvalue weighted by atomic mass is 16.1. The fraction of sp³-hybridized carbons (Fsp3) is 0.188. The number of benzene rings is 2. The van der Waals surface area contributed by atoms with Gasteiger partial charge in [-0.15, -0.1) is 0 Å². The van der Waals surface area contributed by atoms with E-state index in [1.54, 1.807) is 0 Å². The van der Waals surface area contributed by atoms with E-state index >= 15 is 0 Å². The fourth-order valence-corrected chi connectivity index (χ4v) is 2.03. The van der Waals surface area contributed by atoms with E-state index in [4.69, 9.17) is 5.73 Å². The van der Waals surface area contributed by atoms with Gasteiger partial charge in [-0.25, -0.2) is 0 Å². The predicted octanol–water partition coefficient (Wildman–Crippen LogP) is 2.83. The lowest BCUT2D eigenvalue weighted by Gasteiger charge is -2.06. The molecule has 1 fully saturated rings. The van der Waals surface area contributed by atoms with Crippen LogP contribution in [0.15, 0.2) is 48.5 Å². The van der Waals surface area contributed by atoms with Crippen molar-refractivity contribution < 1.29 is 4.79 Å². The number of nitrogen functional groups attached to an aromatic ring is 1. The minimum atomic E-state index is 0.0154. The number of hydrogen-bond donors (Lipinski definition) is 2. The van der Waals surface area contributed by atoms with E-state index in [9.17, 15) is 4.79 Å². The molecular weight excluding hydrogens is 236 g/mol. The van der Waals surface area contributed by atoms with Gasteiger partial charge in [0.2, 0.25) is 0 Å². The Morgan fingerprint density at radius 1 is 1.05 bits per heavy atom. The van der Waals surface area contributed by atoms with Crippen LogP contribution < -0.4 is 11.1 Å². The van der Waals surface area contributed by atoms with Gasteiger partial charge in [0.15, 0.2) is 0 Å². The molecule has 2 aromatic carbocycles. The third-order valence-electron chi connectivity index (χ3n) is 3.28. The predicted molar refractivity (Wildman–Crippen MR) is 76.8 cm³/mol. The molecule has 3 nitrogen and oxygen atoms in total. The third kappa shape index (κ3) is 2.76. The van der Waals surface area contributed by atoms with E-state index in [0.717, 1.165) is 29.7 Å². The van der Waals surface area contributed by atoms with Gasteiger partial charge in [-0.1, -0.05) is 24.3 Å². The lowest BCUT2D eigenvalue weighted by molar-refractivity contribution is 0.0951. The molecule has 0 saturated heterocycles. The lowest BCUT2D eigenvalue weighted by atomic mass is 10.0. The van der Waals surface area contributed by atoms with Gasteiger partial charge in [0, 0.05) is 17.3 Å². The van der Waals surface area contributed by atoms with Crippen LogP contribution in [0.25, 0.3) is 11.1 Å². The Balaban J connectivity index is 1.80. The molecule has 1 aliphatic carbocycles. The molecule has 3 N–H and O–H groups in total. The third-order valence-corrected chi connectivity index (χ3v) is 3.28. The number of hydrogen-bond acceptors (Lipinski definition) is 2. The maximum Gasteiger partial charge on any atom is 0.251 e. The molecule has 0 atom stereocenters. The largest absolute Gasteiger partial charge is 0.399 e. The van der Waals surface area contributed by atoms with Crippen molar-refractivity contribution in [2.24, 2.45) is 0 Å². The Labute approximate surface area is 112 Å². The molecule has 1 saturated carbocycles. The molecule has 19 heavy (non-hydrogen) atoms. The Morgan fingerprint density at radius 2 is 1.79 bits per heavy atom. The summed E-state index contributed by atoms with van der Waals surface area (Å²) in [5.41, 5.74) is 9.35. The molecule has 0 radical (unpaired) electrons. The van der Waals surface area contributed by atoms with Crippen molar-refractivity contribution in [1.82, 2.24) is 5.32 Å². The molecule has 1 aliphatic rings. The average molecular weight is 252 g/mol. The van der Waals surface area contributed by atoms with E-state index < -0.39 is 0 Å². The van der Waals surface area contributed by atoms with Gasteiger partial charge in [-0.2, -0.15) is 0 Å². The maximum atomic E-state index is 11.9. The summed E-state index contributed by atoms with van der Waals surface area (Å²) in [5.74, 6) is 0.0154. The van der Waals surface area contributed by atoms with E-state index in [0.29, 0.717) is 11.6 Å². The zero-order valence-electron chi connectivity index (χ0n) is 10.6. The summed E-state index contributed by atoms with van der Waals surface area (Å²) < 4.78 is 0. The fourth-order valence-electron chi connectivity index (χ4n) is 2.03. The van der Waals surface area contributed by atoms with Gasteiger partial charge in [0.05, 0.1) is 0 Å². The minimum Gasteiger partial charge on any atom is -0.399 e. The molecule has 0 spiro atoms. The highest BCUT2D eigenvalue weighted by Crippen LogP contribution is 2.23. The number of nitrogens with one attached hydrogen (secondary N) is 1. The van der Waals surface area contributed by atoms with Crippen LogP contribution in [0.3, 0.4) is 0 Å². The van der Waals surface area contributed by atoms with Crippen molar-refractivity contribution in [2.45, 2.75) is 18.9 Å². The van der Waals surface area contributed by atoms with E-state index in [2.05, 4.69) is 5.32 Å². The standard InChI is InChI=1S/C16H16N2O/c17-14-3-1-2-13(10-14)11-4-6-12(7-5-11)16(19)18-15-8-9-15/h1-7,10,15H,8-9,17H2,(H,18,19). The second-order valence-electron chi connectivity index (χ2n) is 4.95. The smallest absolute Gasteiger partial charge is 0.251 e. The van der Waals surface area contributed by atoms with Crippen molar-refractivity contribution in [1.29, 1.82) is 0 Å². The first kappa shape index (κ1) is 11.8. The Kier molecular flexibility index (Phi) is 2.95. The van der Waals surface area contributed by atoms with Crippen LogP contribution in [-0.4, -0.2) is 11.9 Å². The monoisotopic (exact) mass is 252 g/mol. The molecule has 0 heterocycles. The molecule has 1 amide bonds. The van der Waals surface area contributed by atoms with Gasteiger partial charge in [-0.3, -0.25) is 4.79 Å². The highest BCUT2D eigenvalue weighted by Gasteiger charge is 2.23. The summed E-state index contributed by atoms with van der Waals surface area (Å²) in [5, 5.41) is 2.98. The second-order valence-corrected chi connectivity index (χ2v) is 4.95. The first-order valence-electron chi connectivity index (χ1n) is 6.49. The van der Waals surface area contributed by atoms with E-state index in [-0.39, 0.29) is 5.91 Å². The van der Waals surface area contributed by atoms with Crippen LogP contribution in [0.1, 0.15) is 23.2 Å². The molecule has 3 rings (SSSR count). The summed E-state index contributed by atoms with van der Waals surface area (Å²) in [4.78, 5) is 11.9. The average Bonchev–Trinajstić information content (AvgIpc) is 3.23. The summed E-state index contributed by atoms with van der Waals surface area (Å²) in [6.07, 6.45) is 2.21. The molecular formula is C16H16N2O. The van der Waals surface area contributed by atoms with Crippen LogP contribution in [-0.2, 0) is 0 Å². The zero-order chi connectivity index (χ0) is 13.2. The molecule has 0 unspecified atom stereocenters. The molecule has 2 aromatic rings. The molecule has 0 aromatic heterocycles. The van der Waals surface area contributed by atoms with Crippen LogP contribution in [0, 0.1) is 0 Å². The Morgan fingerprint density at radius 3 is 2.42 bits per heavy atom. The van der Waals surface area contributed by atoms with Gasteiger partial charge in [0.25, 0.3) is 5.91 Å². The Bertz CT molecular complexity index is 600. The quantitative estimate of drug-likeness (QED) is 0.825. The number of rotatable bonds is 3. The molecule has 96 valence electrons. The van der Waals surface area contributed by atoms with Crippen LogP contribution >= 0.6 is 0 Å². The zero-order valence-corrected chi connectivity index (χ0v) is 10.6. The van der Waals surface area contributed by atoms with Gasteiger partial charge in [-0.05, 0) is 48.2 Å². The van der Waals surface area contributed by atoms with Gasteiger partial charge >= 0.3 is 0 Å². The number of anilines is 1. The lowest BCUT2D eigenvalue weighted by Crippen LogP contribution is -2.25. The maximum absolute atomic E-state index is 11.9. The minimum absolute atomic E-state index is 0.0154. The summed E-state index contributed by atoms with van der Waals surface area (Å²) >= 11 is 0. The highest BCUT2D eigenvalue weighted by molar-refractivity contribution is 5.95. The normalized spacial score (nSPS) is 14.1. The molecule has 0 aliphatic heterocycles. The van der Waals surface area contributed by atoms with Gasteiger partial charge < -0.3 is 11.1 Å². The first-order chi connectivity index (χ1) is 9.22. The number of carbonyl (C=O) groups excluding carboxylic acids is 1. The Hall–Kier alpha value is -2.29.